The minimum atomic E-state index is -0.419. The number of amides is 1. The lowest BCUT2D eigenvalue weighted by molar-refractivity contribution is 0.102. The van der Waals surface area contributed by atoms with Gasteiger partial charge in [-0.3, -0.25) is 9.59 Å². The molecule has 1 N–H and O–H groups in total. The number of aromatic nitrogens is 2. The highest BCUT2D eigenvalue weighted by atomic mass is 19.1. The SMILES string of the molecule is Cc1ccc(NC(=O)c2ccc(-n3nc(OCc4cccc(F)c4)ccc3=O)cc2)cc1F. The van der Waals surface area contributed by atoms with Gasteiger partial charge in [0.1, 0.15) is 18.2 Å². The number of anilines is 1. The zero-order valence-electron chi connectivity index (χ0n) is 17.6. The highest BCUT2D eigenvalue weighted by Gasteiger charge is 2.10. The van der Waals surface area contributed by atoms with Crippen LogP contribution in [0.4, 0.5) is 14.5 Å². The minimum Gasteiger partial charge on any atom is -0.472 e. The first-order chi connectivity index (χ1) is 15.9. The van der Waals surface area contributed by atoms with E-state index in [1.165, 1.54) is 42.5 Å². The molecule has 0 aliphatic heterocycles. The van der Waals surface area contributed by atoms with Gasteiger partial charge in [0.05, 0.1) is 5.69 Å². The van der Waals surface area contributed by atoms with Gasteiger partial charge >= 0.3 is 0 Å². The van der Waals surface area contributed by atoms with Crippen LogP contribution >= 0.6 is 0 Å². The molecule has 1 heterocycles. The van der Waals surface area contributed by atoms with Crippen LogP contribution < -0.4 is 15.6 Å². The van der Waals surface area contributed by atoms with E-state index in [-0.39, 0.29) is 23.9 Å². The Morgan fingerprint density at radius 2 is 1.79 bits per heavy atom. The third-order valence-corrected chi connectivity index (χ3v) is 4.86. The van der Waals surface area contributed by atoms with Crippen molar-refractivity contribution in [3.8, 4) is 11.6 Å². The van der Waals surface area contributed by atoms with Gasteiger partial charge in [-0.25, -0.2) is 8.78 Å². The number of aryl methyl sites for hydroxylation is 1. The Kier molecular flexibility index (Phi) is 6.26. The Labute approximate surface area is 188 Å². The van der Waals surface area contributed by atoms with E-state index in [1.807, 2.05) is 0 Å². The average molecular weight is 447 g/mol. The van der Waals surface area contributed by atoms with Crippen molar-refractivity contribution in [1.82, 2.24) is 9.78 Å². The Hall–Kier alpha value is -4.33. The normalized spacial score (nSPS) is 10.6. The molecular weight excluding hydrogens is 428 g/mol. The standard InChI is InChI=1S/C25H19F2N3O3/c1-16-5-8-20(14-22(16)27)28-25(32)18-6-9-21(10-7-18)30-24(31)12-11-23(29-30)33-15-17-3-2-4-19(26)13-17/h2-14H,15H2,1H3,(H,28,32). The molecule has 0 fully saturated rings. The third kappa shape index (κ3) is 5.30. The predicted molar refractivity (Wildman–Crippen MR) is 120 cm³/mol. The molecule has 8 heteroatoms. The zero-order valence-corrected chi connectivity index (χ0v) is 17.6. The Morgan fingerprint density at radius 1 is 1.00 bits per heavy atom. The molecule has 4 rings (SSSR count). The average Bonchev–Trinajstić information content (AvgIpc) is 2.81. The second kappa shape index (κ2) is 9.44. The summed E-state index contributed by atoms with van der Waals surface area (Å²) < 4.78 is 33.7. The number of nitrogens with zero attached hydrogens (tertiary/aromatic N) is 2. The summed E-state index contributed by atoms with van der Waals surface area (Å²) in [4.78, 5) is 24.7. The molecule has 0 radical (unpaired) electrons. The fourth-order valence-electron chi connectivity index (χ4n) is 3.07. The number of halogens is 2. The first kappa shape index (κ1) is 21.9. The highest BCUT2D eigenvalue weighted by Crippen LogP contribution is 2.16. The largest absolute Gasteiger partial charge is 0.472 e. The number of hydrogen-bond acceptors (Lipinski definition) is 4. The van der Waals surface area contributed by atoms with Gasteiger partial charge in [0.25, 0.3) is 11.5 Å². The summed E-state index contributed by atoms with van der Waals surface area (Å²) in [6, 6.07) is 19.4. The molecule has 1 aromatic heterocycles. The number of ether oxygens (including phenoxy) is 1. The molecule has 166 valence electrons. The van der Waals surface area contributed by atoms with Crippen LogP contribution in [-0.4, -0.2) is 15.7 Å². The highest BCUT2D eigenvalue weighted by molar-refractivity contribution is 6.04. The van der Waals surface area contributed by atoms with Crippen molar-refractivity contribution in [1.29, 1.82) is 0 Å². The van der Waals surface area contributed by atoms with Gasteiger partial charge in [0.2, 0.25) is 5.88 Å². The number of carbonyl (C=O) groups excluding carboxylic acids is 1. The summed E-state index contributed by atoms with van der Waals surface area (Å²) in [5.41, 5.74) is 1.81. The van der Waals surface area contributed by atoms with Crippen LogP contribution in [0.5, 0.6) is 5.88 Å². The van der Waals surface area contributed by atoms with E-state index in [0.29, 0.717) is 28.1 Å². The molecule has 0 spiro atoms. The number of hydrogen-bond donors (Lipinski definition) is 1. The predicted octanol–water partition coefficient (Wildman–Crippen LogP) is 4.65. The van der Waals surface area contributed by atoms with Crippen LogP contribution in [0, 0.1) is 18.6 Å². The van der Waals surface area contributed by atoms with E-state index in [0.717, 1.165) is 4.68 Å². The van der Waals surface area contributed by atoms with Gasteiger partial charge < -0.3 is 10.1 Å². The summed E-state index contributed by atoms with van der Waals surface area (Å²) in [6.45, 7) is 1.72. The Morgan fingerprint density at radius 3 is 2.52 bits per heavy atom. The fraction of sp³-hybridized carbons (Fsp3) is 0.0800. The monoisotopic (exact) mass is 447 g/mol. The Bertz CT molecular complexity index is 1370. The summed E-state index contributed by atoms with van der Waals surface area (Å²) in [5.74, 6) is -1.02. The molecule has 33 heavy (non-hydrogen) atoms. The van der Waals surface area contributed by atoms with Gasteiger partial charge in [-0.05, 0) is 66.6 Å². The van der Waals surface area contributed by atoms with E-state index in [4.69, 9.17) is 4.74 Å². The van der Waals surface area contributed by atoms with Crippen LogP contribution in [0.1, 0.15) is 21.5 Å². The van der Waals surface area contributed by atoms with E-state index in [1.54, 1.807) is 43.3 Å². The second-order valence-corrected chi connectivity index (χ2v) is 7.31. The number of carbonyl (C=O) groups is 1. The molecule has 0 saturated carbocycles. The first-order valence-corrected chi connectivity index (χ1v) is 10.0. The maximum absolute atomic E-state index is 13.7. The third-order valence-electron chi connectivity index (χ3n) is 4.86. The molecule has 3 aromatic carbocycles. The summed E-state index contributed by atoms with van der Waals surface area (Å²) >= 11 is 0. The minimum absolute atomic E-state index is 0.0850. The van der Waals surface area contributed by atoms with Crippen molar-refractivity contribution in [3.63, 3.8) is 0 Å². The number of nitrogens with one attached hydrogen (secondary N) is 1. The molecule has 0 aliphatic carbocycles. The van der Waals surface area contributed by atoms with Gasteiger partial charge in [0.15, 0.2) is 0 Å². The lowest BCUT2D eigenvalue weighted by Gasteiger charge is -2.10. The zero-order chi connectivity index (χ0) is 23.4. The molecule has 4 aromatic rings. The maximum Gasteiger partial charge on any atom is 0.271 e. The van der Waals surface area contributed by atoms with Gasteiger partial charge in [0, 0.05) is 23.4 Å². The van der Waals surface area contributed by atoms with E-state index >= 15 is 0 Å². The lowest BCUT2D eigenvalue weighted by atomic mass is 10.1. The molecule has 6 nitrogen and oxygen atoms in total. The fourth-order valence-corrected chi connectivity index (χ4v) is 3.07. The number of rotatable bonds is 6. The van der Waals surface area contributed by atoms with Crippen LogP contribution in [-0.2, 0) is 6.61 Å². The van der Waals surface area contributed by atoms with Crippen LogP contribution in [0.2, 0.25) is 0 Å². The van der Waals surface area contributed by atoms with Crippen molar-refractivity contribution in [3.05, 3.63) is 118 Å². The molecule has 0 atom stereocenters. The van der Waals surface area contributed by atoms with E-state index in [2.05, 4.69) is 10.4 Å². The summed E-state index contributed by atoms with van der Waals surface area (Å²) in [6.07, 6.45) is 0. The van der Waals surface area contributed by atoms with Crippen LogP contribution in [0.15, 0.2) is 83.7 Å². The van der Waals surface area contributed by atoms with Gasteiger partial charge in [-0.1, -0.05) is 18.2 Å². The number of benzene rings is 3. The van der Waals surface area contributed by atoms with Crippen LogP contribution in [0.25, 0.3) is 5.69 Å². The second-order valence-electron chi connectivity index (χ2n) is 7.31. The van der Waals surface area contributed by atoms with Gasteiger partial charge in [-0.15, -0.1) is 5.10 Å². The molecular formula is C25H19F2N3O3. The van der Waals surface area contributed by atoms with Crippen molar-refractivity contribution in [2.75, 3.05) is 5.32 Å². The molecule has 0 saturated heterocycles. The topological polar surface area (TPSA) is 73.2 Å². The first-order valence-electron chi connectivity index (χ1n) is 10.0. The quantitative estimate of drug-likeness (QED) is 0.467. The molecule has 0 unspecified atom stereocenters. The van der Waals surface area contributed by atoms with Crippen LogP contribution in [0.3, 0.4) is 0 Å². The lowest BCUT2D eigenvalue weighted by Crippen LogP contribution is -2.20. The van der Waals surface area contributed by atoms with Crippen molar-refractivity contribution >= 4 is 11.6 Å². The smallest absolute Gasteiger partial charge is 0.271 e. The maximum atomic E-state index is 13.7. The van der Waals surface area contributed by atoms with E-state index < -0.39 is 11.7 Å². The molecule has 0 bridgehead atoms. The van der Waals surface area contributed by atoms with Crippen molar-refractivity contribution in [2.45, 2.75) is 13.5 Å². The summed E-state index contributed by atoms with van der Waals surface area (Å²) in [7, 11) is 0. The van der Waals surface area contributed by atoms with E-state index in [9.17, 15) is 18.4 Å². The van der Waals surface area contributed by atoms with Crippen molar-refractivity contribution in [2.24, 2.45) is 0 Å². The van der Waals surface area contributed by atoms with Crippen molar-refractivity contribution < 1.29 is 18.3 Å². The Balaban J connectivity index is 1.48. The van der Waals surface area contributed by atoms with Gasteiger partial charge in [-0.2, -0.15) is 4.68 Å². The molecule has 0 aliphatic rings. The summed E-state index contributed by atoms with van der Waals surface area (Å²) in [5, 5.41) is 6.82. The molecule has 1 amide bonds.